The Morgan fingerprint density at radius 1 is 1.35 bits per heavy atom. The number of hydrogen-bond donors (Lipinski definition) is 3. The van der Waals surface area contributed by atoms with Crippen LogP contribution in [0.5, 0.6) is 5.88 Å². The molecule has 0 saturated carbocycles. The van der Waals surface area contributed by atoms with Gasteiger partial charge in [0.25, 0.3) is 0 Å². The summed E-state index contributed by atoms with van der Waals surface area (Å²) < 4.78 is 5.41. The maximum atomic E-state index is 10.6. The van der Waals surface area contributed by atoms with E-state index in [1.165, 1.54) is 0 Å². The molecule has 2 heterocycles. The lowest BCUT2D eigenvalue weighted by molar-refractivity contribution is 0.0621. The first kappa shape index (κ1) is 22.7. The summed E-state index contributed by atoms with van der Waals surface area (Å²) in [6.07, 6.45) is 1.72. The fraction of sp³-hybridized carbons (Fsp3) is 0.444. The average Bonchev–Trinajstić information content (AvgIpc) is 3.14. The monoisotopic (exact) mass is 490 g/mol. The molecular formula is C18H27IN4O2S. The fourth-order valence-corrected chi connectivity index (χ4v) is 3.00. The molecule has 0 radical (unpaired) electrons. The van der Waals surface area contributed by atoms with Gasteiger partial charge in [-0.1, -0.05) is 0 Å². The molecule has 26 heavy (non-hydrogen) atoms. The van der Waals surface area contributed by atoms with Gasteiger partial charge in [-0.05, 0) is 54.8 Å². The highest BCUT2D eigenvalue weighted by atomic mass is 127. The highest BCUT2D eigenvalue weighted by Gasteiger charge is 2.23. The molecule has 3 N–H and O–H groups in total. The molecule has 0 aliphatic heterocycles. The third-order valence-corrected chi connectivity index (χ3v) is 4.28. The van der Waals surface area contributed by atoms with Crippen LogP contribution in [0, 0.1) is 0 Å². The van der Waals surface area contributed by atoms with Gasteiger partial charge >= 0.3 is 0 Å². The predicted molar refractivity (Wildman–Crippen MR) is 118 cm³/mol. The van der Waals surface area contributed by atoms with Crippen molar-refractivity contribution in [1.82, 2.24) is 15.6 Å². The van der Waals surface area contributed by atoms with Gasteiger partial charge < -0.3 is 20.5 Å². The number of rotatable bonds is 8. The summed E-state index contributed by atoms with van der Waals surface area (Å²) in [4.78, 5) is 8.73. The molecule has 8 heteroatoms. The van der Waals surface area contributed by atoms with E-state index in [2.05, 4.69) is 20.6 Å². The Kier molecular flexibility index (Phi) is 9.89. The molecular weight excluding hydrogens is 463 g/mol. The van der Waals surface area contributed by atoms with Gasteiger partial charge in [-0.25, -0.2) is 9.98 Å². The van der Waals surface area contributed by atoms with Gasteiger partial charge in [0.2, 0.25) is 5.88 Å². The Labute approximate surface area is 176 Å². The third kappa shape index (κ3) is 7.08. The molecule has 0 saturated heterocycles. The van der Waals surface area contributed by atoms with Crippen molar-refractivity contribution in [1.29, 1.82) is 0 Å². The van der Waals surface area contributed by atoms with Crippen molar-refractivity contribution < 1.29 is 9.84 Å². The number of guanidine groups is 1. The van der Waals surface area contributed by atoms with Crippen LogP contribution in [0.1, 0.15) is 31.9 Å². The lowest BCUT2D eigenvalue weighted by atomic mass is 9.99. The minimum Gasteiger partial charge on any atom is -0.478 e. The first-order valence-electron chi connectivity index (χ1n) is 8.40. The summed E-state index contributed by atoms with van der Waals surface area (Å²) in [5.41, 5.74) is 0.964. The van der Waals surface area contributed by atoms with Gasteiger partial charge in [0.15, 0.2) is 5.96 Å². The molecule has 0 amide bonds. The molecule has 1 unspecified atom stereocenters. The smallest absolute Gasteiger partial charge is 0.213 e. The molecule has 2 aromatic rings. The van der Waals surface area contributed by atoms with Crippen molar-refractivity contribution in [2.45, 2.75) is 32.9 Å². The van der Waals surface area contributed by atoms with Crippen LogP contribution in [0.4, 0.5) is 0 Å². The van der Waals surface area contributed by atoms with Crippen molar-refractivity contribution >= 4 is 41.3 Å². The van der Waals surface area contributed by atoms with E-state index in [-0.39, 0.29) is 24.0 Å². The van der Waals surface area contributed by atoms with Crippen LogP contribution in [-0.4, -0.2) is 35.7 Å². The number of aromatic nitrogens is 1. The number of thiophene rings is 1. The second-order valence-corrected chi connectivity index (χ2v) is 6.55. The van der Waals surface area contributed by atoms with E-state index < -0.39 is 5.60 Å². The minimum absolute atomic E-state index is 0. The minimum atomic E-state index is -0.949. The van der Waals surface area contributed by atoms with Crippen molar-refractivity contribution in [3.05, 3.63) is 46.3 Å². The van der Waals surface area contributed by atoms with E-state index in [4.69, 9.17) is 4.74 Å². The molecule has 2 rings (SSSR count). The summed E-state index contributed by atoms with van der Waals surface area (Å²) in [6.45, 7) is 7.93. The molecule has 144 valence electrons. The van der Waals surface area contributed by atoms with Crippen molar-refractivity contribution in [3.63, 3.8) is 0 Å². The Morgan fingerprint density at radius 3 is 2.81 bits per heavy atom. The molecule has 0 aliphatic carbocycles. The van der Waals surface area contributed by atoms with E-state index in [0.717, 1.165) is 17.7 Å². The highest BCUT2D eigenvalue weighted by Crippen LogP contribution is 2.21. The topological polar surface area (TPSA) is 78.8 Å². The zero-order chi connectivity index (χ0) is 18.1. The average molecular weight is 490 g/mol. The maximum absolute atomic E-state index is 10.6. The van der Waals surface area contributed by atoms with Gasteiger partial charge in [0.1, 0.15) is 5.60 Å². The number of ether oxygens (including phenoxy) is 1. The SMILES string of the molecule is CCNC(=NCc1ccnc(OCC)c1)NCC(C)(O)c1ccsc1.I. The van der Waals surface area contributed by atoms with E-state index in [0.29, 0.717) is 31.5 Å². The molecule has 2 aromatic heterocycles. The number of aliphatic hydroxyl groups is 1. The normalized spacial score (nSPS) is 13.5. The van der Waals surface area contributed by atoms with Crippen molar-refractivity contribution in [2.24, 2.45) is 4.99 Å². The molecule has 0 aromatic carbocycles. The third-order valence-electron chi connectivity index (χ3n) is 3.60. The number of nitrogens with one attached hydrogen (secondary N) is 2. The van der Waals surface area contributed by atoms with Crippen molar-refractivity contribution in [2.75, 3.05) is 19.7 Å². The van der Waals surface area contributed by atoms with E-state index in [9.17, 15) is 5.11 Å². The van der Waals surface area contributed by atoms with Crippen LogP contribution in [0.25, 0.3) is 0 Å². The first-order chi connectivity index (χ1) is 12.0. The molecule has 0 bridgehead atoms. The summed E-state index contributed by atoms with van der Waals surface area (Å²) in [6, 6.07) is 5.73. The predicted octanol–water partition coefficient (Wildman–Crippen LogP) is 3.12. The largest absolute Gasteiger partial charge is 0.478 e. The van der Waals surface area contributed by atoms with Gasteiger partial charge in [0, 0.05) is 18.8 Å². The van der Waals surface area contributed by atoms with Gasteiger partial charge in [-0.3, -0.25) is 0 Å². The van der Waals surface area contributed by atoms with Crippen LogP contribution in [0.3, 0.4) is 0 Å². The van der Waals surface area contributed by atoms with E-state index in [1.54, 1.807) is 24.5 Å². The molecule has 6 nitrogen and oxygen atoms in total. The molecule has 1 atom stereocenters. The van der Waals surface area contributed by atoms with Crippen LogP contribution in [0.15, 0.2) is 40.1 Å². The second kappa shape index (κ2) is 11.3. The van der Waals surface area contributed by atoms with E-state index in [1.807, 2.05) is 42.8 Å². The zero-order valence-electron chi connectivity index (χ0n) is 15.4. The van der Waals surface area contributed by atoms with Crippen LogP contribution >= 0.6 is 35.3 Å². The van der Waals surface area contributed by atoms with Crippen LogP contribution in [0.2, 0.25) is 0 Å². The van der Waals surface area contributed by atoms with Gasteiger partial charge in [-0.15, -0.1) is 24.0 Å². The summed E-state index contributed by atoms with van der Waals surface area (Å²) >= 11 is 1.57. The fourth-order valence-electron chi connectivity index (χ4n) is 2.22. The Bertz CT molecular complexity index is 678. The van der Waals surface area contributed by atoms with Gasteiger partial charge in [-0.2, -0.15) is 11.3 Å². The zero-order valence-corrected chi connectivity index (χ0v) is 18.5. The Morgan fingerprint density at radius 2 is 2.15 bits per heavy atom. The molecule has 0 fully saturated rings. The lowest BCUT2D eigenvalue weighted by Gasteiger charge is -2.24. The summed E-state index contributed by atoms with van der Waals surface area (Å²) in [7, 11) is 0. The number of pyridine rings is 1. The Hall–Kier alpha value is -1.39. The molecule has 0 spiro atoms. The van der Waals surface area contributed by atoms with Gasteiger partial charge in [0.05, 0.1) is 19.7 Å². The van der Waals surface area contributed by atoms with Crippen LogP contribution < -0.4 is 15.4 Å². The van der Waals surface area contributed by atoms with E-state index >= 15 is 0 Å². The van der Waals surface area contributed by atoms with Crippen molar-refractivity contribution in [3.8, 4) is 5.88 Å². The Balaban J connectivity index is 0.00000338. The highest BCUT2D eigenvalue weighted by molar-refractivity contribution is 14.0. The first-order valence-corrected chi connectivity index (χ1v) is 9.34. The number of halogens is 1. The summed E-state index contributed by atoms with van der Waals surface area (Å²) in [5.74, 6) is 1.27. The number of aliphatic imine (C=N–C) groups is 1. The van der Waals surface area contributed by atoms with Crippen LogP contribution in [-0.2, 0) is 12.1 Å². The second-order valence-electron chi connectivity index (χ2n) is 5.77. The lowest BCUT2D eigenvalue weighted by Crippen LogP contribution is -2.44. The summed E-state index contributed by atoms with van der Waals surface area (Å²) in [5, 5.41) is 20.9. The standard InChI is InChI=1S/C18H26N4O2S.HI/c1-4-19-17(22-13-18(3,23)15-7-9-25-12-15)21-11-14-6-8-20-16(10-14)24-5-2;/h6-10,12,23H,4-5,11,13H2,1-3H3,(H2,19,21,22);1H. The quantitative estimate of drug-likeness (QED) is 0.301. The number of nitrogens with zero attached hydrogens (tertiary/aromatic N) is 2. The number of hydrogen-bond acceptors (Lipinski definition) is 5. The maximum Gasteiger partial charge on any atom is 0.213 e. The molecule has 0 aliphatic rings.